The molecular weight excluding hydrogens is 340 g/mol. The Labute approximate surface area is 161 Å². The average Bonchev–Trinajstić information content (AvgIpc) is 2.65. The zero-order chi connectivity index (χ0) is 20.0. The number of carbonyl (C=O) groups is 2. The third kappa shape index (κ3) is 5.30. The fourth-order valence-corrected chi connectivity index (χ4v) is 3.40. The molecule has 2 rings (SSSR count). The lowest BCUT2D eigenvalue weighted by Crippen LogP contribution is -2.55. The first-order valence-electron chi connectivity index (χ1n) is 9.57. The fraction of sp³-hybridized carbons (Fsp3) is 0.571. The zero-order valence-electron chi connectivity index (χ0n) is 16.8. The number of rotatable bonds is 6. The van der Waals surface area contributed by atoms with Crippen LogP contribution in [0.15, 0.2) is 18.2 Å². The Bertz CT molecular complexity index is 732. The number of benzene rings is 1. The van der Waals surface area contributed by atoms with E-state index in [4.69, 9.17) is 0 Å². The molecule has 27 heavy (non-hydrogen) atoms. The van der Waals surface area contributed by atoms with Gasteiger partial charge >= 0.3 is 0 Å². The van der Waals surface area contributed by atoms with Gasteiger partial charge in [0.1, 0.15) is 5.54 Å². The molecule has 1 fully saturated rings. The van der Waals surface area contributed by atoms with Crippen LogP contribution >= 0.6 is 0 Å². The second-order valence-electron chi connectivity index (χ2n) is 7.63. The smallest absolute Gasteiger partial charge is 0.238 e. The van der Waals surface area contributed by atoms with Crippen molar-refractivity contribution < 1.29 is 9.59 Å². The highest BCUT2D eigenvalue weighted by Gasteiger charge is 2.35. The summed E-state index contributed by atoms with van der Waals surface area (Å²) in [6, 6.07) is 7.58. The Balaban J connectivity index is 1.93. The highest BCUT2D eigenvalue weighted by atomic mass is 16.2. The molecule has 6 nitrogen and oxygen atoms in total. The highest BCUT2D eigenvalue weighted by molar-refractivity contribution is 5.93. The lowest BCUT2D eigenvalue weighted by molar-refractivity contribution is -0.128. The monoisotopic (exact) mass is 370 g/mol. The van der Waals surface area contributed by atoms with E-state index in [1.807, 2.05) is 32.0 Å². The van der Waals surface area contributed by atoms with Crippen LogP contribution in [0.2, 0.25) is 0 Å². The summed E-state index contributed by atoms with van der Waals surface area (Å²) >= 11 is 0. The number of nitriles is 1. The molecule has 146 valence electrons. The summed E-state index contributed by atoms with van der Waals surface area (Å²) < 4.78 is 0. The van der Waals surface area contributed by atoms with E-state index in [2.05, 4.69) is 16.7 Å². The molecule has 1 atom stereocenters. The maximum absolute atomic E-state index is 12.6. The molecule has 0 radical (unpaired) electrons. The van der Waals surface area contributed by atoms with Gasteiger partial charge in [-0.1, -0.05) is 31.4 Å². The summed E-state index contributed by atoms with van der Waals surface area (Å²) in [5, 5.41) is 15.4. The van der Waals surface area contributed by atoms with E-state index < -0.39 is 11.6 Å². The number of anilines is 1. The van der Waals surface area contributed by atoms with Gasteiger partial charge in [-0.15, -0.1) is 0 Å². The van der Waals surface area contributed by atoms with Gasteiger partial charge in [0, 0.05) is 5.69 Å². The molecule has 1 saturated carbocycles. The molecular formula is C21H30N4O2. The van der Waals surface area contributed by atoms with Gasteiger partial charge < -0.3 is 10.6 Å². The summed E-state index contributed by atoms with van der Waals surface area (Å²) in [5.74, 6) is -0.376. The summed E-state index contributed by atoms with van der Waals surface area (Å²) in [4.78, 5) is 26.7. The van der Waals surface area contributed by atoms with E-state index in [0.29, 0.717) is 12.8 Å². The van der Waals surface area contributed by atoms with Crippen molar-refractivity contribution in [3.8, 4) is 6.07 Å². The van der Waals surface area contributed by atoms with Crippen LogP contribution in [-0.2, 0) is 9.59 Å². The number of nitrogens with zero attached hydrogens (tertiary/aromatic N) is 2. The van der Waals surface area contributed by atoms with Crippen LogP contribution in [0.1, 0.15) is 50.2 Å². The largest absolute Gasteiger partial charge is 0.336 e. The Morgan fingerprint density at radius 2 is 1.93 bits per heavy atom. The first kappa shape index (κ1) is 20.9. The predicted octanol–water partition coefficient (Wildman–Crippen LogP) is 2.90. The minimum absolute atomic E-state index is 0.0987. The molecule has 1 aromatic carbocycles. The van der Waals surface area contributed by atoms with Gasteiger partial charge in [0.25, 0.3) is 0 Å². The molecule has 2 N–H and O–H groups in total. The first-order chi connectivity index (χ1) is 12.8. The van der Waals surface area contributed by atoms with Gasteiger partial charge in [-0.3, -0.25) is 14.5 Å². The van der Waals surface area contributed by atoms with E-state index >= 15 is 0 Å². The number of carbonyl (C=O) groups excluding carboxylic acids is 2. The number of amides is 2. The number of nitrogens with one attached hydrogen (secondary N) is 2. The summed E-state index contributed by atoms with van der Waals surface area (Å²) in [7, 11) is 1.74. The topological polar surface area (TPSA) is 85.2 Å². The molecule has 1 aromatic rings. The molecule has 1 aliphatic rings. The molecule has 0 heterocycles. The van der Waals surface area contributed by atoms with Gasteiger partial charge in [-0.25, -0.2) is 0 Å². The zero-order valence-corrected chi connectivity index (χ0v) is 16.8. The highest BCUT2D eigenvalue weighted by Crippen LogP contribution is 2.27. The van der Waals surface area contributed by atoms with Crippen LogP contribution in [0.3, 0.4) is 0 Å². The van der Waals surface area contributed by atoms with E-state index in [-0.39, 0.29) is 18.4 Å². The van der Waals surface area contributed by atoms with Gasteiger partial charge in [-0.2, -0.15) is 5.26 Å². The van der Waals surface area contributed by atoms with E-state index in [1.54, 1.807) is 18.9 Å². The summed E-state index contributed by atoms with van der Waals surface area (Å²) in [6.07, 6.45) is 4.40. The van der Waals surface area contributed by atoms with Crippen molar-refractivity contribution >= 4 is 17.5 Å². The second-order valence-corrected chi connectivity index (χ2v) is 7.63. The molecule has 0 aliphatic heterocycles. The maximum Gasteiger partial charge on any atom is 0.238 e. The van der Waals surface area contributed by atoms with E-state index in [1.165, 1.54) is 0 Å². The van der Waals surface area contributed by atoms with Crippen LogP contribution in [0.25, 0.3) is 0 Å². The fourth-order valence-electron chi connectivity index (χ4n) is 3.40. The Morgan fingerprint density at radius 1 is 1.26 bits per heavy atom. The van der Waals surface area contributed by atoms with Gasteiger partial charge in [-0.05, 0) is 57.9 Å². The molecule has 1 unspecified atom stereocenters. The van der Waals surface area contributed by atoms with E-state index in [0.717, 1.165) is 36.1 Å². The standard InChI is InChI=1S/C21H30N4O2/c1-15-9-8-10-18(16(15)2)23-19(26)13-25(4)17(3)20(27)24-21(14-22)11-6-5-7-12-21/h8-10,17H,5-7,11-13H2,1-4H3,(H,23,26)(H,24,27). The molecule has 0 spiro atoms. The van der Waals surface area contributed by atoms with Crippen molar-refractivity contribution in [1.29, 1.82) is 5.26 Å². The van der Waals surface area contributed by atoms with Crippen molar-refractivity contribution in [2.45, 2.75) is 64.5 Å². The number of aryl methyl sites for hydroxylation is 1. The lowest BCUT2D eigenvalue weighted by Gasteiger charge is -2.34. The van der Waals surface area contributed by atoms with Crippen LogP contribution in [-0.4, -0.2) is 41.9 Å². The SMILES string of the molecule is Cc1cccc(NC(=O)CN(C)C(C)C(=O)NC2(C#N)CCCCC2)c1C. The van der Waals surface area contributed by atoms with Crippen molar-refractivity contribution in [1.82, 2.24) is 10.2 Å². The van der Waals surface area contributed by atoms with Crippen molar-refractivity contribution in [3.63, 3.8) is 0 Å². The summed E-state index contributed by atoms with van der Waals surface area (Å²) in [6.45, 7) is 5.83. The van der Waals surface area contributed by atoms with Crippen molar-refractivity contribution in [3.05, 3.63) is 29.3 Å². The normalized spacial score (nSPS) is 17.0. The van der Waals surface area contributed by atoms with Crippen molar-refractivity contribution in [2.75, 3.05) is 18.9 Å². The number of likely N-dealkylation sites (N-methyl/N-ethyl adjacent to an activating group) is 1. The minimum atomic E-state index is -0.759. The molecule has 0 aromatic heterocycles. The van der Waals surface area contributed by atoms with Gasteiger partial charge in [0.15, 0.2) is 0 Å². The van der Waals surface area contributed by atoms with Crippen LogP contribution in [0.5, 0.6) is 0 Å². The Morgan fingerprint density at radius 3 is 2.56 bits per heavy atom. The van der Waals surface area contributed by atoms with Gasteiger partial charge in [0.2, 0.25) is 11.8 Å². The van der Waals surface area contributed by atoms with Gasteiger partial charge in [0.05, 0.1) is 18.7 Å². The van der Waals surface area contributed by atoms with Crippen LogP contribution in [0, 0.1) is 25.2 Å². The lowest BCUT2D eigenvalue weighted by atomic mass is 9.82. The first-order valence-corrected chi connectivity index (χ1v) is 9.57. The third-order valence-corrected chi connectivity index (χ3v) is 5.60. The van der Waals surface area contributed by atoms with Crippen molar-refractivity contribution in [2.24, 2.45) is 0 Å². The molecule has 6 heteroatoms. The average molecular weight is 370 g/mol. The number of hydrogen-bond acceptors (Lipinski definition) is 4. The quantitative estimate of drug-likeness (QED) is 0.806. The third-order valence-electron chi connectivity index (χ3n) is 5.60. The number of hydrogen-bond donors (Lipinski definition) is 2. The van der Waals surface area contributed by atoms with E-state index in [9.17, 15) is 14.9 Å². The Kier molecular flexibility index (Phi) is 6.98. The molecule has 0 bridgehead atoms. The van der Waals surface area contributed by atoms with Crippen LogP contribution in [0.4, 0.5) is 5.69 Å². The minimum Gasteiger partial charge on any atom is -0.336 e. The predicted molar refractivity (Wildman–Crippen MR) is 106 cm³/mol. The summed E-state index contributed by atoms with van der Waals surface area (Å²) in [5.41, 5.74) is 2.18. The maximum atomic E-state index is 12.6. The molecule has 0 saturated heterocycles. The molecule has 2 amide bonds. The van der Waals surface area contributed by atoms with Crippen LogP contribution < -0.4 is 10.6 Å². The Hall–Kier alpha value is -2.39. The molecule has 1 aliphatic carbocycles. The second kappa shape index (κ2) is 9.01.